The van der Waals surface area contributed by atoms with Crippen LogP contribution in [0.4, 0.5) is 5.69 Å². The molecule has 0 fully saturated rings. The number of rotatable bonds is 5. The van der Waals surface area contributed by atoms with E-state index in [-0.39, 0.29) is 11.4 Å². The molecule has 0 aliphatic heterocycles. The van der Waals surface area contributed by atoms with E-state index in [1.165, 1.54) is 18.3 Å². The van der Waals surface area contributed by atoms with Crippen LogP contribution >= 0.6 is 15.9 Å². The van der Waals surface area contributed by atoms with Crippen LogP contribution in [-0.2, 0) is 0 Å². The van der Waals surface area contributed by atoms with Gasteiger partial charge in [0.25, 0.3) is 5.69 Å². The van der Waals surface area contributed by atoms with Crippen molar-refractivity contribution in [2.75, 3.05) is 0 Å². The number of amides is 1. The third-order valence-corrected chi connectivity index (χ3v) is 4.52. The highest BCUT2D eigenvalue weighted by Gasteiger charge is 2.12. The number of carbonyl (C=O) groups is 1. The Bertz CT molecular complexity index is 1260. The Morgan fingerprint density at radius 2 is 1.97 bits per heavy atom. The van der Waals surface area contributed by atoms with Crippen LogP contribution in [0.5, 0.6) is 0 Å². The van der Waals surface area contributed by atoms with Gasteiger partial charge < -0.3 is 8.83 Å². The Morgan fingerprint density at radius 3 is 2.79 bits per heavy atom. The fraction of sp³-hybridized carbons (Fsp3) is 0. The normalized spacial score (nSPS) is 11.2. The molecule has 4 rings (SSSR count). The number of carbonyl (C=O) groups excluding carboxylic acids is 1. The van der Waals surface area contributed by atoms with Crippen molar-refractivity contribution in [1.82, 2.24) is 5.43 Å². The molecular weight excluding hydrogens is 442 g/mol. The number of fused-ring (bicyclic) bond motifs is 1. The summed E-state index contributed by atoms with van der Waals surface area (Å²) in [6.45, 7) is 0. The van der Waals surface area contributed by atoms with E-state index in [4.69, 9.17) is 8.83 Å². The van der Waals surface area contributed by atoms with Crippen molar-refractivity contribution in [3.63, 3.8) is 0 Å². The van der Waals surface area contributed by atoms with Gasteiger partial charge in [-0.15, -0.1) is 0 Å². The number of nitrogens with one attached hydrogen (secondary N) is 1. The third-order valence-electron chi connectivity index (χ3n) is 4.03. The van der Waals surface area contributed by atoms with Crippen LogP contribution < -0.4 is 5.43 Å². The van der Waals surface area contributed by atoms with Crippen molar-refractivity contribution in [2.45, 2.75) is 0 Å². The number of furan rings is 2. The summed E-state index contributed by atoms with van der Waals surface area (Å²) in [7, 11) is 0. The molecule has 1 N–H and O–H groups in total. The minimum absolute atomic E-state index is 0.0285. The van der Waals surface area contributed by atoms with E-state index in [1.54, 1.807) is 36.4 Å². The molecular formula is C20H12BrN3O5. The first kappa shape index (κ1) is 18.6. The first-order chi connectivity index (χ1) is 14.0. The second-order valence-electron chi connectivity index (χ2n) is 6.00. The van der Waals surface area contributed by atoms with Gasteiger partial charge in [-0.1, -0.05) is 28.1 Å². The molecule has 0 aliphatic rings. The molecule has 0 bridgehead atoms. The molecule has 144 valence electrons. The summed E-state index contributed by atoms with van der Waals surface area (Å²) in [5.74, 6) is 0.454. The first-order valence-corrected chi connectivity index (χ1v) is 9.16. The third kappa shape index (κ3) is 4.09. The summed E-state index contributed by atoms with van der Waals surface area (Å²) in [6.07, 6.45) is 1.33. The Balaban J connectivity index is 1.45. The average Bonchev–Trinajstić information content (AvgIpc) is 3.34. The standard InChI is InChI=1S/C20H12BrN3O5/c21-14-4-6-18-13(8-14)10-19(29-18)20(25)23-22-11-16-5-7-17(28-16)12-2-1-3-15(9-12)24(26)27/h1-11H,(H,23,25). The fourth-order valence-electron chi connectivity index (χ4n) is 2.69. The zero-order valence-corrected chi connectivity index (χ0v) is 16.3. The van der Waals surface area contributed by atoms with Crippen LogP contribution in [-0.4, -0.2) is 17.0 Å². The molecule has 4 aromatic rings. The van der Waals surface area contributed by atoms with Crippen molar-refractivity contribution < 1.29 is 18.6 Å². The van der Waals surface area contributed by atoms with Gasteiger partial charge in [-0.05, 0) is 36.4 Å². The van der Waals surface area contributed by atoms with Gasteiger partial charge in [0.1, 0.15) is 17.1 Å². The van der Waals surface area contributed by atoms with Crippen LogP contribution in [0.25, 0.3) is 22.3 Å². The predicted molar refractivity (Wildman–Crippen MR) is 110 cm³/mol. The number of hydrogen-bond donors (Lipinski definition) is 1. The van der Waals surface area contributed by atoms with E-state index in [1.807, 2.05) is 12.1 Å². The molecule has 9 heteroatoms. The summed E-state index contributed by atoms with van der Waals surface area (Å²) >= 11 is 3.37. The lowest BCUT2D eigenvalue weighted by molar-refractivity contribution is -0.384. The summed E-state index contributed by atoms with van der Waals surface area (Å²) < 4.78 is 12.0. The number of non-ortho nitro benzene ring substituents is 1. The lowest BCUT2D eigenvalue weighted by atomic mass is 10.1. The molecule has 0 radical (unpaired) electrons. The van der Waals surface area contributed by atoms with Crippen LogP contribution in [0.3, 0.4) is 0 Å². The zero-order chi connectivity index (χ0) is 20.4. The fourth-order valence-corrected chi connectivity index (χ4v) is 3.06. The maximum atomic E-state index is 12.2. The SMILES string of the molecule is O=C(NN=Cc1ccc(-c2cccc([N+](=O)[O-])c2)o1)c1cc2cc(Br)ccc2o1. The zero-order valence-electron chi connectivity index (χ0n) is 14.7. The van der Waals surface area contributed by atoms with E-state index in [9.17, 15) is 14.9 Å². The molecule has 1 amide bonds. The van der Waals surface area contributed by atoms with E-state index in [0.717, 1.165) is 9.86 Å². The topological polar surface area (TPSA) is 111 Å². The highest BCUT2D eigenvalue weighted by molar-refractivity contribution is 9.10. The van der Waals surface area contributed by atoms with Crippen molar-refractivity contribution in [2.24, 2.45) is 5.10 Å². The van der Waals surface area contributed by atoms with Crippen LogP contribution in [0.2, 0.25) is 0 Å². The number of hydrogen-bond acceptors (Lipinski definition) is 6. The lowest BCUT2D eigenvalue weighted by Crippen LogP contribution is -2.16. The van der Waals surface area contributed by atoms with Crippen LogP contribution in [0.15, 0.2) is 79.1 Å². The molecule has 0 atom stereocenters. The molecule has 0 unspecified atom stereocenters. The number of nitro groups is 1. The number of nitrogens with zero attached hydrogens (tertiary/aromatic N) is 2. The highest BCUT2D eigenvalue weighted by atomic mass is 79.9. The van der Waals surface area contributed by atoms with Gasteiger partial charge >= 0.3 is 5.91 Å². The van der Waals surface area contributed by atoms with Gasteiger partial charge in [-0.3, -0.25) is 14.9 Å². The lowest BCUT2D eigenvalue weighted by Gasteiger charge is -1.97. The summed E-state index contributed by atoms with van der Waals surface area (Å²) in [6, 6.07) is 16.5. The largest absolute Gasteiger partial charge is 0.455 e. The van der Waals surface area contributed by atoms with Crippen LogP contribution in [0.1, 0.15) is 16.3 Å². The van der Waals surface area contributed by atoms with E-state index >= 15 is 0 Å². The maximum absolute atomic E-state index is 12.2. The van der Waals surface area contributed by atoms with Crippen molar-refractivity contribution in [1.29, 1.82) is 0 Å². The first-order valence-electron chi connectivity index (χ1n) is 8.37. The monoisotopic (exact) mass is 453 g/mol. The second kappa shape index (κ2) is 7.72. The maximum Gasteiger partial charge on any atom is 0.307 e. The van der Waals surface area contributed by atoms with Gasteiger partial charge in [0.15, 0.2) is 5.76 Å². The van der Waals surface area contributed by atoms with Gasteiger partial charge in [0, 0.05) is 27.6 Å². The number of benzene rings is 2. The second-order valence-corrected chi connectivity index (χ2v) is 6.92. The summed E-state index contributed by atoms with van der Waals surface area (Å²) in [5, 5.41) is 15.5. The average molecular weight is 454 g/mol. The van der Waals surface area contributed by atoms with E-state index < -0.39 is 10.8 Å². The van der Waals surface area contributed by atoms with Crippen molar-refractivity contribution >= 4 is 44.7 Å². The quantitative estimate of drug-likeness (QED) is 0.255. The molecule has 0 saturated heterocycles. The highest BCUT2D eigenvalue weighted by Crippen LogP contribution is 2.25. The number of nitro benzene ring substituents is 1. The summed E-state index contributed by atoms with van der Waals surface area (Å²) in [5.41, 5.74) is 3.50. The van der Waals surface area contributed by atoms with Gasteiger partial charge in [0.2, 0.25) is 0 Å². The minimum Gasteiger partial charge on any atom is -0.455 e. The number of hydrazone groups is 1. The number of halogens is 1. The molecule has 0 saturated carbocycles. The molecule has 0 aliphatic carbocycles. The molecule has 2 aromatic heterocycles. The summed E-state index contributed by atoms with van der Waals surface area (Å²) in [4.78, 5) is 22.6. The Labute approximate surface area is 172 Å². The van der Waals surface area contributed by atoms with Crippen LogP contribution in [0, 0.1) is 10.1 Å². The Morgan fingerprint density at radius 1 is 1.10 bits per heavy atom. The molecule has 29 heavy (non-hydrogen) atoms. The van der Waals surface area contributed by atoms with Crippen molar-refractivity contribution in [3.05, 3.63) is 86.8 Å². The van der Waals surface area contributed by atoms with Crippen molar-refractivity contribution in [3.8, 4) is 11.3 Å². The van der Waals surface area contributed by atoms with Gasteiger partial charge in [-0.2, -0.15) is 5.10 Å². The molecule has 0 spiro atoms. The molecule has 2 heterocycles. The Kier molecular flexibility index (Phi) is 4.96. The Hall–Kier alpha value is -3.72. The van der Waals surface area contributed by atoms with Gasteiger partial charge in [0.05, 0.1) is 11.1 Å². The predicted octanol–water partition coefficient (Wildman–Crippen LogP) is 5.13. The smallest absolute Gasteiger partial charge is 0.307 e. The minimum atomic E-state index is -0.501. The molecule has 8 nitrogen and oxygen atoms in total. The van der Waals surface area contributed by atoms with E-state index in [2.05, 4.69) is 26.5 Å². The molecule has 2 aromatic carbocycles. The van der Waals surface area contributed by atoms with Gasteiger partial charge in [-0.25, -0.2) is 5.43 Å². The van der Waals surface area contributed by atoms with E-state index in [0.29, 0.717) is 22.7 Å².